The van der Waals surface area contributed by atoms with E-state index in [9.17, 15) is 0 Å². The topological polar surface area (TPSA) is 53.4 Å². The zero-order valence-electron chi connectivity index (χ0n) is 10.3. The van der Waals surface area contributed by atoms with Gasteiger partial charge >= 0.3 is 0 Å². The molecule has 4 heteroatoms. The van der Waals surface area contributed by atoms with Crippen molar-refractivity contribution in [3.8, 4) is 0 Å². The molecule has 3 aromatic rings. The largest absolute Gasteiger partial charge is 0.351 e. The van der Waals surface area contributed by atoms with Crippen LogP contribution in [0.3, 0.4) is 0 Å². The molecule has 0 amide bonds. The molecule has 0 radical (unpaired) electrons. The monoisotopic (exact) mass is 250 g/mol. The van der Waals surface area contributed by atoms with Crippen LogP contribution in [-0.4, -0.2) is 9.97 Å². The summed E-state index contributed by atoms with van der Waals surface area (Å²) in [5, 5.41) is 8.20. The summed E-state index contributed by atoms with van der Waals surface area (Å²) >= 11 is 0. The maximum absolute atomic E-state index is 4.10. The Balaban J connectivity index is 0.000000224. The molecule has 0 unspecified atom stereocenters. The van der Waals surface area contributed by atoms with Crippen LogP contribution in [0.15, 0.2) is 89.6 Å². The molecule has 1 N–H and O–H groups in total. The van der Waals surface area contributed by atoms with Gasteiger partial charge in [0.1, 0.15) is 0 Å². The first-order valence-corrected chi connectivity index (χ1v) is 5.90. The fourth-order valence-electron chi connectivity index (χ4n) is 1.32. The Labute approximate surface area is 111 Å². The summed E-state index contributed by atoms with van der Waals surface area (Å²) in [6.45, 7) is 0. The van der Waals surface area contributed by atoms with E-state index < -0.39 is 0 Å². The van der Waals surface area contributed by atoms with Crippen LogP contribution in [0.5, 0.6) is 0 Å². The second kappa shape index (κ2) is 7.55. The van der Waals surface area contributed by atoms with Crippen LogP contribution in [0.2, 0.25) is 0 Å². The number of hydrogen-bond donors (Lipinski definition) is 1. The van der Waals surface area contributed by atoms with Gasteiger partial charge in [0.25, 0.3) is 0 Å². The van der Waals surface area contributed by atoms with Crippen LogP contribution >= 0.6 is 0 Å². The van der Waals surface area contributed by atoms with E-state index in [1.165, 1.54) is 0 Å². The molecule has 94 valence electrons. The first kappa shape index (κ1) is 12.7. The number of benzene rings is 2. The van der Waals surface area contributed by atoms with Crippen molar-refractivity contribution in [1.82, 2.24) is 9.97 Å². The van der Waals surface area contributed by atoms with Crippen molar-refractivity contribution in [3.05, 3.63) is 79.4 Å². The summed E-state index contributed by atoms with van der Waals surface area (Å²) in [6.07, 6.45) is 5.08. The van der Waals surface area contributed by atoms with Crippen molar-refractivity contribution in [2.75, 3.05) is 0 Å². The lowest BCUT2D eigenvalue weighted by Crippen LogP contribution is -1.62. The lowest BCUT2D eigenvalue weighted by molar-refractivity contribution is 1.23. The van der Waals surface area contributed by atoms with Crippen LogP contribution in [0.1, 0.15) is 0 Å². The first-order valence-electron chi connectivity index (χ1n) is 5.90. The van der Waals surface area contributed by atoms with E-state index in [0.29, 0.717) is 0 Å². The Bertz CT molecular complexity index is 515. The Morgan fingerprint density at radius 2 is 1.26 bits per heavy atom. The molecule has 0 saturated carbocycles. The quantitative estimate of drug-likeness (QED) is 0.668. The standard InChI is InChI=1S/C12H10N2.C3H4N2/c1-3-7-11(8-4-1)13-14-12-9-5-2-6-10-12;1-2-5-3-4-1/h1-10H;1-3H,(H,4,5). The van der Waals surface area contributed by atoms with E-state index in [1.54, 1.807) is 18.7 Å². The summed E-state index contributed by atoms with van der Waals surface area (Å²) < 4.78 is 0. The van der Waals surface area contributed by atoms with Gasteiger partial charge in [0.15, 0.2) is 0 Å². The van der Waals surface area contributed by atoms with E-state index in [-0.39, 0.29) is 0 Å². The molecule has 1 aromatic heterocycles. The van der Waals surface area contributed by atoms with Crippen molar-refractivity contribution in [1.29, 1.82) is 0 Å². The normalized spacial score (nSPS) is 9.89. The minimum Gasteiger partial charge on any atom is -0.351 e. The van der Waals surface area contributed by atoms with Gasteiger partial charge < -0.3 is 4.98 Å². The molecule has 0 aliphatic rings. The number of azo groups is 1. The van der Waals surface area contributed by atoms with Gasteiger partial charge in [-0.05, 0) is 24.3 Å². The van der Waals surface area contributed by atoms with Gasteiger partial charge in [-0.25, -0.2) is 4.98 Å². The maximum atomic E-state index is 4.10. The second-order valence-electron chi connectivity index (χ2n) is 3.63. The van der Waals surface area contributed by atoms with Crippen LogP contribution < -0.4 is 0 Å². The predicted molar refractivity (Wildman–Crippen MR) is 75.6 cm³/mol. The fourth-order valence-corrected chi connectivity index (χ4v) is 1.32. The van der Waals surface area contributed by atoms with Crippen LogP contribution in [0.4, 0.5) is 11.4 Å². The zero-order valence-corrected chi connectivity index (χ0v) is 10.3. The molecule has 0 aliphatic carbocycles. The minimum atomic E-state index is 0.872. The molecule has 2 aromatic carbocycles. The molecule has 0 aliphatic heterocycles. The highest BCUT2D eigenvalue weighted by molar-refractivity contribution is 5.39. The van der Waals surface area contributed by atoms with Gasteiger partial charge in [-0.3, -0.25) is 0 Å². The molecule has 3 rings (SSSR count). The average Bonchev–Trinajstić information content (AvgIpc) is 3.07. The molecule has 1 heterocycles. The number of aromatic nitrogens is 2. The van der Waals surface area contributed by atoms with Crippen molar-refractivity contribution in [3.63, 3.8) is 0 Å². The summed E-state index contributed by atoms with van der Waals surface area (Å²) in [5.74, 6) is 0. The fraction of sp³-hybridized carbons (Fsp3) is 0. The van der Waals surface area contributed by atoms with Gasteiger partial charge in [-0.1, -0.05) is 36.4 Å². The van der Waals surface area contributed by atoms with E-state index in [1.807, 2.05) is 60.7 Å². The molecular weight excluding hydrogens is 236 g/mol. The van der Waals surface area contributed by atoms with E-state index >= 15 is 0 Å². The number of imidazole rings is 1. The van der Waals surface area contributed by atoms with Crippen LogP contribution in [0, 0.1) is 0 Å². The van der Waals surface area contributed by atoms with E-state index in [4.69, 9.17) is 0 Å². The van der Waals surface area contributed by atoms with Gasteiger partial charge in [0.05, 0.1) is 17.7 Å². The van der Waals surface area contributed by atoms with Crippen molar-refractivity contribution >= 4 is 11.4 Å². The number of aromatic amines is 1. The van der Waals surface area contributed by atoms with E-state index in [2.05, 4.69) is 20.2 Å². The lowest BCUT2D eigenvalue weighted by atomic mass is 10.3. The average molecular weight is 250 g/mol. The van der Waals surface area contributed by atoms with E-state index in [0.717, 1.165) is 11.4 Å². The number of rotatable bonds is 2. The highest BCUT2D eigenvalue weighted by Gasteiger charge is 1.86. The minimum absolute atomic E-state index is 0.872. The lowest BCUT2D eigenvalue weighted by Gasteiger charge is -1.91. The van der Waals surface area contributed by atoms with Crippen molar-refractivity contribution in [2.24, 2.45) is 10.2 Å². The summed E-state index contributed by atoms with van der Waals surface area (Å²) in [4.78, 5) is 6.42. The van der Waals surface area contributed by atoms with Gasteiger partial charge in [0.2, 0.25) is 0 Å². The van der Waals surface area contributed by atoms with Crippen LogP contribution in [0.25, 0.3) is 0 Å². The Kier molecular flexibility index (Phi) is 5.05. The molecule has 4 nitrogen and oxygen atoms in total. The Morgan fingerprint density at radius 1 is 0.737 bits per heavy atom. The van der Waals surface area contributed by atoms with Gasteiger partial charge in [-0.2, -0.15) is 10.2 Å². The zero-order chi connectivity index (χ0) is 13.2. The highest BCUT2D eigenvalue weighted by atomic mass is 15.1. The smallest absolute Gasteiger partial charge is 0.0919 e. The Hall–Kier alpha value is -2.75. The summed E-state index contributed by atoms with van der Waals surface area (Å²) in [6, 6.07) is 19.4. The maximum Gasteiger partial charge on any atom is 0.0919 e. The molecular formula is C15H14N4. The molecule has 0 saturated heterocycles. The third-order valence-electron chi connectivity index (χ3n) is 2.20. The predicted octanol–water partition coefficient (Wildman–Crippen LogP) is 4.51. The number of nitrogens with zero attached hydrogens (tertiary/aromatic N) is 3. The van der Waals surface area contributed by atoms with Crippen molar-refractivity contribution < 1.29 is 0 Å². The van der Waals surface area contributed by atoms with Gasteiger partial charge in [0, 0.05) is 12.4 Å². The molecule has 0 atom stereocenters. The number of H-pyrrole nitrogens is 1. The summed E-state index contributed by atoms with van der Waals surface area (Å²) in [7, 11) is 0. The summed E-state index contributed by atoms with van der Waals surface area (Å²) in [5.41, 5.74) is 1.74. The van der Waals surface area contributed by atoms with Gasteiger partial charge in [-0.15, -0.1) is 0 Å². The first-order chi connectivity index (χ1) is 9.45. The third kappa shape index (κ3) is 4.95. The molecule has 0 fully saturated rings. The van der Waals surface area contributed by atoms with Crippen LogP contribution in [-0.2, 0) is 0 Å². The Morgan fingerprint density at radius 3 is 1.58 bits per heavy atom. The SMILES string of the molecule is c1c[nH]cn1.c1ccc(N=Nc2ccccc2)cc1. The number of hydrogen-bond acceptors (Lipinski definition) is 3. The molecule has 0 spiro atoms. The van der Waals surface area contributed by atoms with Crippen molar-refractivity contribution in [2.45, 2.75) is 0 Å². The third-order valence-corrected chi connectivity index (χ3v) is 2.20. The second-order valence-corrected chi connectivity index (χ2v) is 3.63. The highest BCUT2D eigenvalue weighted by Crippen LogP contribution is 2.16. The number of nitrogens with one attached hydrogen (secondary N) is 1. The molecule has 19 heavy (non-hydrogen) atoms. The molecule has 0 bridgehead atoms.